The molecule has 0 aromatic rings. The van der Waals surface area contributed by atoms with E-state index >= 15 is 0 Å². The summed E-state index contributed by atoms with van der Waals surface area (Å²) in [6.45, 7) is 7.92. The van der Waals surface area contributed by atoms with Crippen LogP contribution in [0, 0.1) is 0 Å². The zero-order chi connectivity index (χ0) is 10.6. The van der Waals surface area contributed by atoms with Crippen LogP contribution in [0.15, 0.2) is 25.3 Å². The number of rotatable bonds is 2. The molecular formula is C9H13N3O2. The van der Waals surface area contributed by atoms with Crippen molar-refractivity contribution < 1.29 is 9.59 Å². The average molecular weight is 195 g/mol. The Hall–Kier alpha value is -1.62. The summed E-state index contributed by atoms with van der Waals surface area (Å²) in [5.41, 5.74) is 0. The molecule has 1 N–H and O–H groups in total. The number of nitrogens with one attached hydrogen (secondary N) is 1. The van der Waals surface area contributed by atoms with Gasteiger partial charge in [0, 0.05) is 0 Å². The van der Waals surface area contributed by atoms with Gasteiger partial charge in [0.15, 0.2) is 0 Å². The number of nitrogens with zero attached hydrogens (tertiary/aromatic N) is 2. The van der Waals surface area contributed by atoms with Crippen LogP contribution < -0.4 is 5.32 Å². The van der Waals surface area contributed by atoms with Crippen LogP contribution in [0.1, 0.15) is 0 Å². The van der Waals surface area contributed by atoms with Gasteiger partial charge in [0.05, 0.1) is 20.0 Å². The second-order valence-corrected chi connectivity index (χ2v) is 2.87. The van der Waals surface area contributed by atoms with Crippen molar-refractivity contribution in [3.63, 3.8) is 0 Å². The summed E-state index contributed by atoms with van der Waals surface area (Å²) in [7, 11) is 0. The van der Waals surface area contributed by atoms with Crippen LogP contribution in [0.5, 0.6) is 0 Å². The summed E-state index contributed by atoms with van der Waals surface area (Å²) in [4.78, 5) is 25.4. The van der Waals surface area contributed by atoms with Crippen LogP contribution in [0.3, 0.4) is 0 Å². The van der Waals surface area contributed by atoms with Crippen LogP contribution in [-0.2, 0) is 9.59 Å². The van der Waals surface area contributed by atoms with Crippen molar-refractivity contribution in [1.29, 1.82) is 0 Å². The highest BCUT2D eigenvalue weighted by Crippen LogP contribution is 2.00. The van der Waals surface area contributed by atoms with Crippen molar-refractivity contribution in [3.8, 4) is 0 Å². The maximum atomic E-state index is 11.2. The van der Waals surface area contributed by atoms with Gasteiger partial charge in [-0.15, -0.1) is 0 Å². The fourth-order valence-electron chi connectivity index (χ4n) is 1.18. The van der Waals surface area contributed by atoms with Crippen molar-refractivity contribution in [1.82, 2.24) is 15.1 Å². The maximum Gasteiger partial charge on any atom is 0.248 e. The summed E-state index contributed by atoms with van der Waals surface area (Å²) in [6.07, 6.45) is 2.45. The summed E-state index contributed by atoms with van der Waals surface area (Å²) < 4.78 is 0. The van der Waals surface area contributed by atoms with Crippen LogP contribution in [0.4, 0.5) is 0 Å². The summed E-state index contributed by atoms with van der Waals surface area (Å²) >= 11 is 0. The lowest BCUT2D eigenvalue weighted by molar-refractivity contribution is -0.138. The minimum Gasteiger partial charge on any atom is -0.308 e. The molecule has 1 aliphatic heterocycles. The van der Waals surface area contributed by atoms with Gasteiger partial charge in [-0.05, 0) is 12.2 Å². The maximum absolute atomic E-state index is 11.2. The highest BCUT2D eigenvalue weighted by atomic mass is 16.2. The van der Waals surface area contributed by atoms with E-state index < -0.39 is 0 Å². The topological polar surface area (TPSA) is 52.7 Å². The summed E-state index contributed by atoms with van der Waals surface area (Å²) in [5.74, 6) is -0.391. The predicted octanol–water partition coefficient (Wildman–Crippen LogP) is -0.509. The first-order valence-corrected chi connectivity index (χ1v) is 4.22. The Morgan fingerprint density at radius 1 is 1.07 bits per heavy atom. The molecule has 1 heterocycles. The van der Waals surface area contributed by atoms with Gasteiger partial charge >= 0.3 is 0 Å². The zero-order valence-electron chi connectivity index (χ0n) is 7.90. The normalized spacial score (nSPS) is 16.3. The lowest BCUT2D eigenvalue weighted by Gasteiger charge is -2.35. The van der Waals surface area contributed by atoms with Crippen molar-refractivity contribution in [3.05, 3.63) is 25.3 Å². The Labute approximate surface area is 82.7 Å². The van der Waals surface area contributed by atoms with E-state index in [1.807, 2.05) is 0 Å². The minimum absolute atomic E-state index is 0.195. The number of hydrogen-bond acceptors (Lipinski definition) is 3. The van der Waals surface area contributed by atoms with E-state index in [-0.39, 0.29) is 18.5 Å². The van der Waals surface area contributed by atoms with Gasteiger partial charge in [0.25, 0.3) is 0 Å². The lowest BCUT2D eigenvalue weighted by Crippen LogP contribution is -2.55. The second-order valence-electron chi connectivity index (χ2n) is 2.87. The standard InChI is InChI=1S/C9H13N3O2/c1-3-8(13)11-5-10-6-12(7-11)9(14)4-2/h3-4,10H,1-2,5-7H2. The molecule has 0 bridgehead atoms. The summed E-state index contributed by atoms with van der Waals surface area (Å²) in [5, 5.41) is 2.93. The third kappa shape index (κ3) is 2.20. The molecule has 1 fully saturated rings. The smallest absolute Gasteiger partial charge is 0.248 e. The van der Waals surface area contributed by atoms with E-state index in [0.29, 0.717) is 13.3 Å². The van der Waals surface area contributed by atoms with E-state index in [4.69, 9.17) is 0 Å². The quantitative estimate of drug-likeness (QED) is 0.604. The third-order valence-corrected chi connectivity index (χ3v) is 1.92. The van der Waals surface area contributed by atoms with E-state index in [1.54, 1.807) is 0 Å². The molecule has 0 unspecified atom stereocenters. The van der Waals surface area contributed by atoms with Gasteiger partial charge < -0.3 is 9.80 Å². The molecule has 0 radical (unpaired) electrons. The van der Waals surface area contributed by atoms with Gasteiger partial charge in [0.1, 0.15) is 0 Å². The second kappa shape index (κ2) is 4.57. The number of amides is 2. The molecule has 0 saturated carbocycles. The Bertz CT molecular complexity index is 249. The van der Waals surface area contributed by atoms with E-state index in [9.17, 15) is 9.59 Å². The van der Waals surface area contributed by atoms with E-state index in [1.165, 1.54) is 22.0 Å². The first kappa shape index (κ1) is 10.5. The molecule has 0 aromatic carbocycles. The van der Waals surface area contributed by atoms with Crippen LogP contribution in [0.2, 0.25) is 0 Å². The lowest BCUT2D eigenvalue weighted by atomic mass is 10.4. The van der Waals surface area contributed by atoms with Gasteiger partial charge in [0.2, 0.25) is 11.8 Å². The average Bonchev–Trinajstić information content (AvgIpc) is 2.27. The molecule has 1 saturated heterocycles. The molecule has 76 valence electrons. The van der Waals surface area contributed by atoms with Gasteiger partial charge in [-0.3, -0.25) is 14.9 Å². The number of carbonyl (C=O) groups is 2. The van der Waals surface area contributed by atoms with Crippen LogP contribution >= 0.6 is 0 Å². The highest BCUT2D eigenvalue weighted by Gasteiger charge is 2.21. The summed E-state index contributed by atoms with van der Waals surface area (Å²) in [6, 6.07) is 0. The SMILES string of the molecule is C=CC(=O)N1CNCN(C(=O)C=C)C1. The van der Waals surface area contributed by atoms with Crippen molar-refractivity contribution >= 4 is 11.8 Å². The molecule has 1 aliphatic rings. The molecule has 5 heteroatoms. The first-order valence-electron chi connectivity index (χ1n) is 4.22. The molecule has 0 aromatic heterocycles. The van der Waals surface area contributed by atoms with E-state index in [0.717, 1.165) is 0 Å². The van der Waals surface area contributed by atoms with Gasteiger partial charge in [-0.2, -0.15) is 0 Å². The number of hydrogen-bond donors (Lipinski definition) is 1. The monoisotopic (exact) mass is 195 g/mol. The van der Waals surface area contributed by atoms with Crippen LogP contribution in [-0.4, -0.2) is 41.6 Å². The van der Waals surface area contributed by atoms with E-state index in [2.05, 4.69) is 18.5 Å². The molecular weight excluding hydrogens is 182 g/mol. The first-order chi connectivity index (χ1) is 6.69. The van der Waals surface area contributed by atoms with Crippen LogP contribution in [0.25, 0.3) is 0 Å². The molecule has 0 atom stereocenters. The minimum atomic E-state index is -0.195. The Morgan fingerprint density at radius 3 is 1.86 bits per heavy atom. The third-order valence-electron chi connectivity index (χ3n) is 1.92. The molecule has 0 spiro atoms. The molecule has 5 nitrogen and oxygen atoms in total. The fourth-order valence-corrected chi connectivity index (χ4v) is 1.18. The molecule has 14 heavy (non-hydrogen) atoms. The van der Waals surface area contributed by atoms with Gasteiger partial charge in [-0.1, -0.05) is 13.2 Å². The van der Waals surface area contributed by atoms with Crippen molar-refractivity contribution in [2.45, 2.75) is 0 Å². The van der Waals surface area contributed by atoms with Crippen molar-refractivity contribution in [2.24, 2.45) is 0 Å². The predicted molar refractivity (Wildman–Crippen MR) is 51.8 cm³/mol. The van der Waals surface area contributed by atoms with Crippen molar-refractivity contribution in [2.75, 3.05) is 20.0 Å². The fraction of sp³-hybridized carbons (Fsp3) is 0.333. The van der Waals surface area contributed by atoms with Gasteiger partial charge in [-0.25, -0.2) is 0 Å². The highest BCUT2D eigenvalue weighted by molar-refractivity contribution is 5.89. The molecule has 0 aliphatic carbocycles. The Balaban J connectivity index is 2.59. The zero-order valence-corrected chi connectivity index (χ0v) is 7.90. The Morgan fingerprint density at radius 2 is 1.50 bits per heavy atom. The molecule has 1 rings (SSSR count). The number of carbonyl (C=O) groups excluding carboxylic acids is 2. The molecule has 2 amide bonds. The Kier molecular flexibility index (Phi) is 3.41. The largest absolute Gasteiger partial charge is 0.308 e.